The quantitative estimate of drug-likeness (QED) is 0.856. The number of carbonyl (C=O) groups excluding carboxylic acids is 1. The highest BCUT2D eigenvalue weighted by Crippen LogP contribution is 2.38. The van der Waals surface area contributed by atoms with Gasteiger partial charge in [0.1, 0.15) is 5.82 Å². The van der Waals surface area contributed by atoms with E-state index in [1.165, 1.54) is 37.3 Å². The third kappa shape index (κ3) is 2.54. The molecule has 2 N–H and O–H groups in total. The molecule has 2 aliphatic rings. The zero-order valence-corrected chi connectivity index (χ0v) is 12.8. The van der Waals surface area contributed by atoms with Crippen molar-refractivity contribution in [1.82, 2.24) is 14.2 Å². The zero-order chi connectivity index (χ0) is 14.2. The fourth-order valence-corrected chi connectivity index (χ4v) is 4.34. The fraction of sp³-hybridized carbons (Fsp3) is 0.714. The van der Waals surface area contributed by atoms with Crippen molar-refractivity contribution in [3.8, 4) is 0 Å². The molecule has 0 radical (unpaired) electrons. The highest BCUT2D eigenvalue weighted by atomic mass is 32.1. The molecular formula is C14H22N4OS. The lowest BCUT2D eigenvalue weighted by atomic mass is 9.74. The number of nitrogens with zero attached hydrogens (tertiary/aromatic N) is 3. The Labute approximate surface area is 123 Å². The van der Waals surface area contributed by atoms with Crippen LogP contribution in [0.2, 0.25) is 0 Å². The van der Waals surface area contributed by atoms with Crippen molar-refractivity contribution in [3.05, 3.63) is 10.9 Å². The van der Waals surface area contributed by atoms with Crippen LogP contribution in [0.25, 0.3) is 0 Å². The van der Waals surface area contributed by atoms with Crippen molar-refractivity contribution < 1.29 is 4.79 Å². The summed E-state index contributed by atoms with van der Waals surface area (Å²) in [6.07, 6.45) is 4.80. The van der Waals surface area contributed by atoms with Crippen LogP contribution in [0, 0.1) is 5.41 Å². The van der Waals surface area contributed by atoms with Gasteiger partial charge >= 0.3 is 0 Å². The van der Waals surface area contributed by atoms with E-state index in [1.54, 1.807) is 5.38 Å². The first-order valence-electron chi connectivity index (χ1n) is 7.27. The van der Waals surface area contributed by atoms with E-state index in [2.05, 4.69) is 16.3 Å². The average molecular weight is 294 g/mol. The summed E-state index contributed by atoms with van der Waals surface area (Å²) in [6, 6.07) is 0. The third-order valence-electron chi connectivity index (χ3n) is 4.63. The van der Waals surface area contributed by atoms with Gasteiger partial charge in [-0.05, 0) is 50.8 Å². The number of anilines is 1. The Kier molecular flexibility index (Phi) is 3.69. The minimum Gasteiger partial charge on any atom is -0.382 e. The van der Waals surface area contributed by atoms with Crippen LogP contribution in [0.3, 0.4) is 0 Å². The van der Waals surface area contributed by atoms with Crippen molar-refractivity contribution in [2.24, 2.45) is 5.41 Å². The van der Waals surface area contributed by atoms with Crippen LogP contribution in [-0.2, 0) is 0 Å². The van der Waals surface area contributed by atoms with E-state index in [-0.39, 0.29) is 5.91 Å². The molecule has 20 heavy (non-hydrogen) atoms. The van der Waals surface area contributed by atoms with E-state index in [4.69, 9.17) is 5.73 Å². The molecule has 6 heteroatoms. The number of hydrogen-bond donors (Lipinski definition) is 1. The number of amides is 1. The molecule has 3 rings (SSSR count). The van der Waals surface area contributed by atoms with E-state index in [0.717, 1.165) is 26.1 Å². The smallest absolute Gasteiger partial charge is 0.258 e. The standard InChI is InChI=1S/C14H22N4OS/c1-17-6-2-4-14(9-17)5-3-7-18(10-14)13(19)11-8-20-16-12(11)15/h8H,2-7,9-10H2,1H3,(H2,15,16)/t14-/m1/s1. The number of likely N-dealkylation sites (tertiary alicyclic amines) is 2. The number of nitrogens with two attached hydrogens (primary N) is 1. The summed E-state index contributed by atoms with van der Waals surface area (Å²) in [7, 11) is 2.18. The van der Waals surface area contributed by atoms with Crippen molar-refractivity contribution in [3.63, 3.8) is 0 Å². The van der Waals surface area contributed by atoms with Gasteiger partial charge in [0.15, 0.2) is 0 Å². The molecule has 0 aliphatic carbocycles. The van der Waals surface area contributed by atoms with E-state index in [9.17, 15) is 4.79 Å². The van der Waals surface area contributed by atoms with Gasteiger partial charge in [0.05, 0.1) is 5.56 Å². The fourth-order valence-electron chi connectivity index (χ4n) is 3.74. The average Bonchev–Trinajstić information content (AvgIpc) is 2.84. The molecule has 1 aromatic heterocycles. The first kappa shape index (κ1) is 13.8. The number of aromatic nitrogens is 1. The second kappa shape index (κ2) is 5.33. The molecule has 0 saturated carbocycles. The van der Waals surface area contributed by atoms with Crippen molar-refractivity contribution in [2.75, 3.05) is 39.0 Å². The van der Waals surface area contributed by atoms with Crippen molar-refractivity contribution in [1.29, 1.82) is 0 Å². The summed E-state index contributed by atoms with van der Waals surface area (Å²) in [6.45, 7) is 4.00. The summed E-state index contributed by atoms with van der Waals surface area (Å²) in [5, 5.41) is 1.77. The Morgan fingerprint density at radius 1 is 1.35 bits per heavy atom. The minimum atomic E-state index is 0.0588. The van der Waals surface area contributed by atoms with Crippen LogP contribution in [0.15, 0.2) is 5.38 Å². The molecule has 2 saturated heterocycles. The van der Waals surface area contributed by atoms with Gasteiger partial charge in [-0.25, -0.2) is 0 Å². The molecule has 110 valence electrons. The van der Waals surface area contributed by atoms with Crippen LogP contribution in [0.5, 0.6) is 0 Å². The van der Waals surface area contributed by atoms with Crippen LogP contribution in [0.4, 0.5) is 5.82 Å². The van der Waals surface area contributed by atoms with Gasteiger partial charge in [-0.1, -0.05) is 0 Å². The molecule has 0 unspecified atom stereocenters. The van der Waals surface area contributed by atoms with E-state index >= 15 is 0 Å². The van der Waals surface area contributed by atoms with Crippen LogP contribution in [-0.4, -0.2) is 53.3 Å². The van der Waals surface area contributed by atoms with Gasteiger partial charge in [-0.2, -0.15) is 4.37 Å². The second-order valence-corrected chi connectivity index (χ2v) is 6.91. The Bertz CT molecular complexity index is 499. The molecule has 1 atom stereocenters. The van der Waals surface area contributed by atoms with E-state index in [1.807, 2.05) is 4.90 Å². The first-order valence-corrected chi connectivity index (χ1v) is 8.11. The normalized spacial score (nSPS) is 27.9. The van der Waals surface area contributed by atoms with Crippen LogP contribution < -0.4 is 5.73 Å². The maximum absolute atomic E-state index is 12.6. The lowest BCUT2D eigenvalue weighted by Crippen LogP contribution is -2.52. The Hall–Kier alpha value is -1.14. The molecular weight excluding hydrogens is 272 g/mol. The Balaban J connectivity index is 1.75. The van der Waals surface area contributed by atoms with Crippen molar-refractivity contribution >= 4 is 23.3 Å². The van der Waals surface area contributed by atoms with Gasteiger partial charge in [-0.15, -0.1) is 0 Å². The highest BCUT2D eigenvalue weighted by molar-refractivity contribution is 7.04. The highest BCUT2D eigenvalue weighted by Gasteiger charge is 2.40. The first-order chi connectivity index (χ1) is 9.60. The number of nitrogen functional groups attached to an aromatic ring is 1. The number of carbonyl (C=O) groups is 1. The summed E-state index contributed by atoms with van der Waals surface area (Å²) in [5.74, 6) is 0.434. The van der Waals surface area contributed by atoms with Gasteiger partial charge in [0, 0.05) is 30.4 Å². The van der Waals surface area contributed by atoms with Crippen molar-refractivity contribution in [2.45, 2.75) is 25.7 Å². The van der Waals surface area contributed by atoms with Gasteiger partial charge in [-0.3, -0.25) is 4.79 Å². The number of piperidine rings is 2. The van der Waals surface area contributed by atoms with Gasteiger partial charge in [0.25, 0.3) is 5.91 Å². The number of rotatable bonds is 1. The Morgan fingerprint density at radius 3 is 2.75 bits per heavy atom. The molecule has 5 nitrogen and oxygen atoms in total. The minimum absolute atomic E-state index is 0.0588. The summed E-state index contributed by atoms with van der Waals surface area (Å²) >= 11 is 1.26. The van der Waals surface area contributed by atoms with E-state index < -0.39 is 0 Å². The zero-order valence-electron chi connectivity index (χ0n) is 12.0. The van der Waals surface area contributed by atoms with Crippen LogP contribution in [0.1, 0.15) is 36.0 Å². The molecule has 3 heterocycles. The molecule has 1 spiro atoms. The summed E-state index contributed by atoms with van der Waals surface area (Å²) < 4.78 is 4.01. The topological polar surface area (TPSA) is 62.5 Å². The van der Waals surface area contributed by atoms with Gasteiger partial charge in [0.2, 0.25) is 0 Å². The second-order valence-electron chi connectivity index (χ2n) is 6.29. The Morgan fingerprint density at radius 2 is 2.10 bits per heavy atom. The molecule has 2 fully saturated rings. The maximum Gasteiger partial charge on any atom is 0.258 e. The summed E-state index contributed by atoms with van der Waals surface area (Å²) in [5.41, 5.74) is 6.65. The molecule has 2 aliphatic heterocycles. The van der Waals surface area contributed by atoms with Crippen LogP contribution >= 0.6 is 11.5 Å². The lowest BCUT2D eigenvalue weighted by molar-refractivity contribution is 0.0207. The SMILES string of the molecule is CN1CCC[C@@]2(CCCN(C(=O)c3csnc3N)C2)C1. The predicted octanol–water partition coefficient (Wildman–Crippen LogP) is 1.67. The van der Waals surface area contributed by atoms with Gasteiger partial charge < -0.3 is 15.5 Å². The predicted molar refractivity (Wildman–Crippen MR) is 80.8 cm³/mol. The molecule has 0 bridgehead atoms. The maximum atomic E-state index is 12.6. The number of hydrogen-bond acceptors (Lipinski definition) is 5. The molecule has 0 aromatic carbocycles. The van der Waals surface area contributed by atoms with E-state index in [0.29, 0.717) is 16.8 Å². The molecule has 1 aromatic rings. The lowest BCUT2D eigenvalue weighted by Gasteiger charge is -2.47. The molecule has 1 amide bonds. The summed E-state index contributed by atoms with van der Waals surface area (Å²) in [4.78, 5) is 17.0. The third-order valence-corrected chi connectivity index (χ3v) is 5.27. The monoisotopic (exact) mass is 294 g/mol. The largest absolute Gasteiger partial charge is 0.382 e.